The smallest absolute Gasteiger partial charge is 0.0553 e. The van der Waals surface area contributed by atoms with Crippen molar-refractivity contribution in [1.82, 2.24) is 58.1 Å². The Morgan fingerprint density at radius 2 is 0.467 bits per heavy atom. The van der Waals surface area contributed by atoms with E-state index in [1.807, 2.05) is 0 Å². The van der Waals surface area contributed by atoms with Crippen LogP contribution in [0.25, 0.3) is 0 Å². The van der Waals surface area contributed by atoms with Crippen molar-refractivity contribution in [2.24, 2.45) is 91.7 Å². The molecule has 2 rings (SSSR count). The van der Waals surface area contributed by atoms with Gasteiger partial charge < -0.3 is 165 Å². The Bertz CT molecular complexity index is 1100. The van der Waals surface area contributed by atoms with Gasteiger partial charge in [-0.15, -0.1) is 8.93 Å². The third kappa shape index (κ3) is 199. The molecule has 46 N–H and O–H groups in total. The van der Waals surface area contributed by atoms with E-state index in [0.717, 1.165) is 312 Å². The molecule has 0 aliphatic carbocycles. The van der Waals surface area contributed by atoms with Gasteiger partial charge in [0.05, 0.1) is 6.61 Å². The zero-order valence-electron chi connectivity index (χ0n) is 69.8. The fraction of sp³-hybridized carbons (Fsp3) is 1.00. The molecule has 2 saturated heterocycles. The third-order valence-corrected chi connectivity index (χ3v) is 14.5. The number of hydrogen-bond acceptors (Lipinski definition) is 31. The van der Waals surface area contributed by atoms with Gasteiger partial charge in [-0.25, -0.2) is 0 Å². The summed E-state index contributed by atoms with van der Waals surface area (Å²) in [6.07, 6.45) is 33.7. The molecule has 2 fully saturated rings. The van der Waals surface area contributed by atoms with Gasteiger partial charge in [0.25, 0.3) is 0 Å². The van der Waals surface area contributed by atoms with E-state index >= 15 is 0 Å². The molecular formula is C73H196IN27O4P2. The lowest BCUT2D eigenvalue weighted by Gasteiger charge is -2.26. The van der Waals surface area contributed by atoms with Gasteiger partial charge in [-0.3, -0.25) is 4.90 Å². The van der Waals surface area contributed by atoms with E-state index in [1.54, 1.807) is 0 Å². The minimum Gasteiger partial charge on any atom is -0.396 e. The van der Waals surface area contributed by atoms with E-state index in [0.29, 0.717) is 59.1 Å². The number of aliphatic hydroxyl groups excluding tert-OH is 4. The van der Waals surface area contributed by atoms with Crippen molar-refractivity contribution in [2.45, 2.75) is 193 Å². The van der Waals surface area contributed by atoms with Crippen LogP contribution in [0.5, 0.6) is 0 Å². The van der Waals surface area contributed by atoms with Gasteiger partial charge in [0, 0.05) is 170 Å². The fourth-order valence-electron chi connectivity index (χ4n) is 8.32. The Morgan fingerprint density at radius 3 is 0.654 bits per heavy atom. The summed E-state index contributed by atoms with van der Waals surface area (Å²) in [5, 5.41) is 65.8. The zero-order chi connectivity index (χ0) is 82.3. The molecule has 0 amide bonds. The van der Waals surface area contributed by atoms with Crippen LogP contribution in [0, 0.1) is 0 Å². The molecule has 0 aromatic heterocycles. The highest BCUT2D eigenvalue weighted by Crippen LogP contribution is 2.28. The quantitative estimate of drug-likeness (QED) is 0.0187. The molecule has 0 radical (unpaired) electrons. The minimum absolute atomic E-state index is 0.0972. The molecule has 34 heteroatoms. The summed E-state index contributed by atoms with van der Waals surface area (Å²) in [4.78, 5) is 2.39. The lowest BCUT2D eigenvalue weighted by Crippen LogP contribution is -2.45. The van der Waals surface area contributed by atoms with Crippen LogP contribution >= 0.6 is 36.9 Å². The molecular weight excluding hydrogens is 1510 g/mol. The molecule has 0 spiro atoms. The third-order valence-electron chi connectivity index (χ3n) is 14.5. The Morgan fingerprint density at radius 1 is 0.262 bits per heavy atom. The number of halogens is 1. The van der Waals surface area contributed by atoms with E-state index in [9.17, 15) is 0 Å². The standard InChI is InChI=1S/C12H30N4.C10H25N3.C10H24N2O.C7H18N2O.C6H18N4.C6H15N3.C5H14N2.C5H13NO.C4H10N2.C4H11N.C2H8N2.C2H7NO.H3IP2/c13-7-3-1-4-9-15-10-5-2-6-11-16-12-8-14;11-7-3-1-5-9-13-10-6-2-4-8-12;11-7-3-1-4-8-12-9-5-2-6-10-13;8-4-6-9-5-2-1-3-7-10;7-1-3-9-5-6-10-4-2-8;7-1-4-9-5-2-8-3-6-9;2*6-4-2-1-3-5-7;1-2-6-4-3-5-1;1-2-3-4-5;2*3-1-2-4;1-3-2/h15-16H,1-14H2;13H,1-12H2;12-13H,1-11H2;2*9-10H,1-8H2;8H,1-7H2;1-7H2;7H,1-6H2;5-6H,1-4H2;2-5H2,1H3;1-4H2;4H,1-3H2;3H,2H2. The largest absolute Gasteiger partial charge is 0.396 e. The predicted molar refractivity (Wildman–Crippen MR) is 490 cm³/mol. The first-order valence-electron chi connectivity index (χ1n) is 42.0. The van der Waals surface area contributed by atoms with Crippen molar-refractivity contribution >= 4 is 36.9 Å². The second-order valence-corrected chi connectivity index (χ2v) is 31.3. The molecule has 2 aliphatic heterocycles. The van der Waals surface area contributed by atoms with Crippen LogP contribution in [0.2, 0.25) is 0 Å². The van der Waals surface area contributed by atoms with Gasteiger partial charge >= 0.3 is 0 Å². The lowest BCUT2D eigenvalue weighted by atomic mass is 10.2. The normalized spacial score (nSPS) is 11.8. The number of hydrogen-bond donors (Lipinski definition) is 30. The summed E-state index contributed by atoms with van der Waals surface area (Å²) in [5.41, 5.74) is 83.5. The van der Waals surface area contributed by atoms with Crippen molar-refractivity contribution in [3.05, 3.63) is 0 Å². The average Bonchev–Trinajstić information content (AvgIpc) is 1.29. The van der Waals surface area contributed by atoms with Gasteiger partial charge in [0.2, 0.25) is 0 Å². The van der Waals surface area contributed by atoms with Crippen LogP contribution in [-0.4, -0.2) is 307 Å². The molecule has 31 nitrogen and oxygen atoms in total. The SMILES string of the molecule is C1CNCCN1.CCCCN.NCCCCCN.NCCCCCNCCCCCN.NCCCCCNCCCCCNCCN.NCCCCCNCCCCCO.NCCCCCO.NCCN.NCCN1CCNCC1.NCCNCCCCCO.NCCNCCNCCN.NCCO.PPI. The zero-order valence-corrected chi connectivity index (χ0v) is 74.2. The molecule has 0 aromatic carbocycles. The summed E-state index contributed by atoms with van der Waals surface area (Å²) in [7, 11) is 2.59. The molecule has 0 saturated carbocycles. The summed E-state index contributed by atoms with van der Waals surface area (Å²) in [6, 6.07) is 0. The second-order valence-electron chi connectivity index (χ2n) is 24.9. The molecule has 107 heavy (non-hydrogen) atoms. The number of nitrogens with two attached hydrogens (primary N) is 16. The fourth-order valence-corrected chi connectivity index (χ4v) is 8.32. The van der Waals surface area contributed by atoms with E-state index in [-0.39, 0.29) is 6.61 Å². The molecule has 2 heterocycles. The van der Waals surface area contributed by atoms with E-state index in [1.165, 1.54) is 96.3 Å². The highest BCUT2D eigenvalue weighted by atomic mass is 127. The maximum Gasteiger partial charge on any atom is 0.0553 e. The summed E-state index contributed by atoms with van der Waals surface area (Å²) in [5.74, 6) is 0.970. The van der Waals surface area contributed by atoms with E-state index in [2.05, 4.69) is 96.0 Å². The maximum atomic E-state index is 8.53. The van der Waals surface area contributed by atoms with Crippen molar-refractivity contribution in [3.63, 3.8) is 0 Å². The van der Waals surface area contributed by atoms with Crippen LogP contribution in [0.1, 0.15) is 193 Å². The first-order chi connectivity index (χ1) is 52.5. The maximum absolute atomic E-state index is 8.53. The first-order valence-corrected chi connectivity index (χ1v) is 47.9. The summed E-state index contributed by atoms with van der Waals surface area (Å²) in [6.45, 7) is 39.6. The van der Waals surface area contributed by atoms with Crippen molar-refractivity contribution < 1.29 is 20.4 Å². The van der Waals surface area contributed by atoms with Gasteiger partial charge in [-0.1, -0.05) is 73.9 Å². The number of rotatable bonds is 61. The molecule has 0 bridgehead atoms. The summed E-state index contributed by atoms with van der Waals surface area (Å²) < 4.78 is 0. The monoisotopic (exact) mass is 1700 g/mol. The van der Waals surface area contributed by atoms with Crippen LogP contribution in [-0.2, 0) is 0 Å². The first kappa shape index (κ1) is 131. The van der Waals surface area contributed by atoms with E-state index < -0.39 is 0 Å². The van der Waals surface area contributed by atoms with Gasteiger partial charge in [-0.05, 0) is 252 Å². The Balaban J connectivity index is -0.000000106. The topological polar surface area (TPSA) is 621 Å². The minimum atomic E-state index is 0.0972. The summed E-state index contributed by atoms with van der Waals surface area (Å²) >= 11 is 2.28. The number of nitrogens with one attached hydrogen (secondary N) is 10. The van der Waals surface area contributed by atoms with Crippen molar-refractivity contribution in [2.75, 3.05) is 282 Å². The van der Waals surface area contributed by atoms with Crippen LogP contribution < -0.4 is 145 Å². The van der Waals surface area contributed by atoms with Gasteiger partial charge in [0.15, 0.2) is 0 Å². The highest BCUT2D eigenvalue weighted by Gasteiger charge is 2.06. The molecule has 2 aliphatic rings. The van der Waals surface area contributed by atoms with Crippen LogP contribution in [0.15, 0.2) is 0 Å². The van der Waals surface area contributed by atoms with Gasteiger partial charge in [0.1, 0.15) is 0 Å². The predicted octanol–water partition coefficient (Wildman–Crippen LogP) is -1.49. The number of aliphatic hydroxyl groups is 4. The Labute approximate surface area is 678 Å². The van der Waals surface area contributed by atoms with Gasteiger partial charge in [-0.2, -0.15) is 0 Å². The molecule has 664 valence electrons. The number of unbranched alkanes of at least 4 members (excludes halogenated alkanes) is 19. The molecule has 2 unspecified atom stereocenters. The van der Waals surface area contributed by atoms with Crippen LogP contribution in [0.3, 0.4) is 0 Å². The van der Waals surface area contributed by atoms with Crippen LogP contribution in [0.4, 0.5) is 0 Å². The number of nitrogens with zero attached hydrogens (tertiary/aromatic N) is 1. The molecule has 0 aromatic rings. The van der Waals surface area contributed by atoms with Crippen molar-refractivity contribution in [3.8, 4) is 0 Å². The van der Waals surface area contributed by atoms with Crippen molar-refractivity contribution in [1.29, 1.82) is 0 Å². The molecule has 2 atom stereocenters. The Kier molecular flexibility index (Phi) is 193. The lowest BCUT2D eigenvalue weighted by molar-refractivity contribution is 0.247. The highest BCUT2D eigenvalue weighted by molar-refractivity contribution is 14.2. The Hall–Kier alpha value is 0.350. The number of piperazine rings is 2. The average molecular weight is 1710 g/mol. The van der Waals surface area contributed by atoms with E-state index in [4.69, 9.17) is 112 Å². The second kappa shape index (κ2) is 158.